The maximum atomic E-state index is 9.39. The maximum Gasteiger partial charge on any atom is 0.326 e. The lowest BCUT2D eigenvalue weighted by Crippen LogP contribution is -2.14. The minimum Gasteiger partial charge on any atom is -0.450 e. The Bertz CT molecular complexity index is 669. The van der Waals surface area contributed by atoms with Gasteiger partial charge in [-0.1, -0.05) is 78.8 Å². The molecule has 21 heavy (non-hydrogen) atoms. The first-order valence-electron chi connectivity index (χ1n) is 6.92. The zero-order valence-electron chi connectivity index (χ0n) is 12.2. The number of benzene rings is 2. The van der Waals surface area contributed by atoms with Crippen molar-refractivity contribution in [3.05, 3.63) is 85.0 Å². The van der Waals surface area contributed by atoms with Gasteiger partial charge >= 0.3 is 7.48 Å². The van der Waals surface area contributed by atoms with Crippen molar-refractivity contribution in [1.29, 1.82) is 0 Å². The Labute approximate surface area is 127 Å². The molecule has 2 aromatic carbocycles. The van der Waals surface area contributed by atoms with Crippen molar-refractivity contribution in [1.82, 2.24) is 0 Å². The molecular formula is C19H18BO. The van der Waals surface area contributed by atoms with Gasteiger partial charge in [-0.25, -0.2) is 0 Å². The van der Waals surface area contributed by atoms with Crippen molar-refractivity contribution in [2.24, 2.45) is 0 Å². The van der Waals surface area contributed by atoms with E-state index in [4.69, 9.17) is 0 Å². The van der Waals surface area contributed by atoms with Crippen molar-refractivity contribution < 1.29 is 5.02 Å². The summed E-state index contributed by atoms with van der Waals surface area (Å²) in [5.74, 6) is 0. The van der Waals surface area contributed by atoms with Gasteiger partial charge in [0, 0.05) is 0 Å². The Morgan fingerprint density at radius 3 is 2.48 bits per heavy atom. The molecule has 0 fully saturated rings. The molecule has 1 radical (unpaired) electrons. The van der Waals surface area contributed by atoms with E-state index in [1.54, 1.807) is 6.08 Å². The highest BCUT2D eigenvalue weighted by Crippen LogP contribution is 2.23. The van der Waals surface area contributed by atoms with Gasteiger partial charge in [0.2, 0.25) is 0 Å². The molecule has 0 amide bonds. The standard InChI is InChI=1S/C19H18BO/c1-3-5-9-15(4-2)17-12-18(14-19(13-17)20-21)16-10-7-6-8-11-16/h3-14,21H,1H2,2H3/b9-5-,15-4+. The van der Waals surface area contributed by atoms with Gasteiger partial charge in [-0.15, -0.1) is 0 Å². The lowest BCUT2D eigenvalue weighted by atomic mass is 9.83. The Balaban J connectivity index is 2.52. The van der Waals surface area contributed by atoms with Crippen molar-refractivity contribution in [3.8, 4) is 11.1 Å². The number of hydrogen-bond donors (Lipinski definition) is 1. The largest absolute Gasteiger partial charge is 0.450 e. The molecular weight excluding hydrogens is 255 g/mol. The van der Waals surface area contributed by atoms with Gasteiger partial charge < -0.3 is 5.02 Å². The molecule has 0 aromatic heterocycles. The summed E-state index contributed by atoms with van der Waals surface area (Å²) in [6.07, 6.45) is 7.72. The third-order valence-electron chi connectivity index (χ3n) is 3.27. The van der Waals surface area contributed by atoms with E-state index in [1.165, 1.54) is 0 Å². The van der Waals surface area contributed by atoms with Crippen LogP contribution >= 0.6 is 0 Å². The molecule has 0 saturated carbocycles. The summed E-state index contributed by atoms with van der Waals surface area (Å²) in [6.45, 7) is 5.70. The SMILES string of the molecule is C=C/C=C\C(=C/C)c1cc([B]O)cc(-c2ccccc2)c1. The van der Waals surface area contributed by atoms with Gasteiger partial charge in [0.05, 0.1) is 0 Å². The lowest BCUT2D eigenvalue weighted by molar-refractivity contribution is 0.615. The molecule has 0 heterocycles. The second-order valence-electron chi connectivity index (χ2n) is 4.68. The summed E-state index contributed by atoms with van der Waals surface area (Å²) in [5, 5.41) is 9.39. The molecule has 0 aliphatic carbocycles. The fourth-order valence-electron chi connectivity index (χ4n) is 2.22. The van der Waals surface area contributed by atoms with Crippen LogP contribution in [-0.4, -0.2) is 12.5 Å². The number of rotatable bonds is 5. The molecule has 0 atom stereocenters. The fraction of sp³-hybridized carbons (Fsp3) is 0.0526. The van der Waals surface area contributed by atoms with Crippen LogP contribution in [-0.2, 0) is 0 Å². The molecule has 1 N–H and O–H groups in total. The molecule has 0 unspecified atom stereocenters. The Morgan fingerprint density at radius 1 is 1.10 bits per heavy atom. The Kier molecular flexibility index (Phi) is 5.36. The minimum absolute atomic E-state index is 0.790. The zero-order chi connectivity index (χ0) is 15.1. The first-order chi connectivity index (χ1) is 10.3. The predicted molar refractivity (Wildman–Crippen MR) is 92.5 cm³/mol. The highest BCUT2D eigenvalue weighted by molar-refractivity contribution is 6.45. The van der Waals surface area contributed by atoms with Gasteiger partial charge in [-0.2, -0.15) is 0 Å². The lowest BCUT2D eigenvalue weighted by Gasteiger charge is -2.09. The summed E-state index contributed by atoms with van der Waals surface area (Å²) in [6, 6.07) is 16.2. The van der Waals surface area contributed by atoms with Crippen LogP contribution in [0.1, 0.15) is 12.5 Å². The Hall–Kier alpha value is -2.32. The molecule has 0 aliphatic heterocycles. The van der Waals surface area contributed by atoms with Crippen LogP contribution in [0.15, 0.2) is 79.4 Å². The van der Waals surface area contributed by atoms with E-state index < -0.39 is 0 Å². The van der Waals surface area contributed by atoms with E-state index in [-0.39, 0.29) is 0 Å². The molecule has 2 rings (SSSR count). The monoisotopic (exact) mass is 273 g/mol. The van der Waals surface area contributed by atoms with E-state index in [1.807, 2.05) is 55.5 Å². The highest BCUT2D eigenvalue weighted by Gasteiger charge is 2.05. The molecule has 0 aliphatic rings. The van der Waals surface area contributed by atoms with Gasteiger partial charge in [0.15, 0.2) is 0 Å². The normalized spacial score (nSPS) is 11.6. The zero-order valence-corrected chi connectivity index (χ0v) is 12.2. The van der Waals surface area contributed by atoms with Gasteiger partial charge in [-0.05, 0) is 35.3 Å². The van der Waals surface area contributed by atoms with E-state index in [0.29, 0.717) is 0 Å². The molecule has 0 saturated heterocycles. The van der Waals surface area contributed by atoms with Crippen molar-refractivity contribution >= 4 is 18.5 Å². The predicted octanol–water partition coefficient (Wildman–Crippen LogP) is 3.74. The molecule has 0 bridgehead atoms. The first-order valence-corrected chi connectivity index (χ1v) is 6.92. The minimum atomic E-state index is 0.790. The van der Waals surface area contributed by atoms with E-state index in [9.17, 15) is 5.02 Å². The summed E-state index contributed by atoms with van der Waals surface area (Å²) in [4.78, 5) is 0. The van der Waals surface area contributed by atoms with Crippen LogP contribution in [0.2, 0.25) is 0 Å². The van der Waals surface area contributed by atoms with Crippen LogP contribution in [0, 0.1) is 0 Å². The van der Waals surface area contributed by atoms with Crippen molar-refractivity contribution in [2.75, 3.05) is 0 Å². The molecule has 0 spiro atoms. The van der Waals surface area contributed by atoms with Crippen LogP contribution < -0.4 is 5.46 Å². The molecule has 2 heteroatoms. The van der Waals surface area contributed by atoms with Gasteiger partial charge in [-0.3, -0.25) is 0 Å². The second kappa shape index (κ2) is 7.46. The number of allylic oxidation sites excluding steroid dienone is 5. The average Bonchev–Trinajstić information content (AvgIpc) is 2.56. The van der Waals surface area contributed by atoms with E-state index >= 15 is 0 Å². The maximum absolute atomic E-state index is 9.39. The summed E-state index contributed by atoms with van der Waals surface area (Å²) >= 11 is 0. The molecule has 1 nitrogen and oxygen atoms in total. The molecule has 103 valence electrons. The summed E-state index contributed by atoms with van der Waals surface area (Å²) < 4.78 is 0. The molecule has 2 aromatic rings. The number of hydrogen-bond acceptors (Lipinski definition) is 1. The van der Waals surface area contributed by atoms with E-state index in [2.05, 4.69) is 24.8 Å². The van der Waals surface area contributed by atoms with Crippen LogP contribution in [0.25, 0.3) is 16.7 Å². The average molecular weight is 273 g/mol. The summed E-state index contributed by atoms with van der Waals surface area (Å²) in [5.41, 5.74) is 5.16. The van der Waals surface area contributed by atoms with Gasteiger partial charge in [0.1, 0.15) is 0 Å². The topological polar surface area (TPSA) is 20.2 Å². The van der Waals surface area contributed by atoms with Crippen LogP contribution in [0.4, 0.5) is 0 Å². The van der Waals surface area contributed by atoms with Crippen molar-refractivity contribution in [3.63, 3.8) is 0 Å². The fourth-order valence-corrected chi connectivity index (χ4v) is 2.22. The third-order valence-corrected chi connectivity index (χ3v) is 3.27. The third kappa shape index (κ3) is 3.83. The smallest absolute Gasteiger partial charge is 0.326 e. The van der Waals surface area contributed by atoms with Crippen LogP contribution in [0.3, 0.4) is 0 Å². The van der Waals surface area contributed by atoms with E-state index in [0.717, 1.165) is 35.2 Å². The summed E-state index contributed by atoms with van der Waals surface area (Å²) in [7, 11) is 1.14. The van der Waals surface area contributed by atoms with Crippen molar-refractivity contribution in [2.45, 2.75) is 6.92 Å². The first kappa shape index (κ1) is 15.1. The highest BCUT2D eigenvalue weighted by atomic mass is 16.2. The Morgan fingerprint density at radius 2 is 1.86 bits per heavy atom. The quantitative estimate of drug-likeness (QED) is 0.650. The van der Waals surface area contributed by atoms with Crippen LogP contribution in [0.5, 0.6) is 0 Å². The van der Waals surface area contributed by atoms with Gasteiger partial charge in [0.25, 0.3) is 0 Å². The second-order valence-corrected chi connectivity index (χ2v) is 4.68.